The number of rotatable bonds is 3. The van der Waals surface area contributed by atoms with Crippen molar-refractivity contribution in [3.63, 3.8) is 0 Å². The summed E-state index contributed by atoms with van der Waals surface area (Å²) in [6.07, 6.45) is 1.71. The van der Waals surface area contributed by atoms with E-state index in [0.29, 0.717) is 11.7 Å². The molecule has 0 aliphatic rings. The quantitative estimate of drug-likeness (QED) is 0.766. The van der Waals surface area contributed by atoms with Crippen LogP contribution in [0.3, 0.4) is 0 Å². The molecule has 0 amide bonds. The summed E-state index contributed by atoms with van der Waals surface area (Å²) in [5.41, 5.74) is 1.77. The van der Waals surface area contributed by atoms with Gasteiger partial charge in [-0.15, -0.1) is 11.6 Å². The lowest BCUT2D eigenvalue weighted by Crippen LogP contribution is -1.92. The molecule has 1 heterocycles. The van der Waals surface area contributed by atoms with Gasteiger partial charge in [-0.1, -0.05) is 0 Å². The van der Waals surface area contributed by atoms with Gasteiger partial charge < -0.3 is 4.74 Å². The number of halogens is 1. The highest BCUT2D eigenvalue weighted by Gasteiger charge is 2.02. The first-order chi connectivity index (χ1) is 7.83. The fourth-order valence-corrected chi connectivity index (χ4v) is 1.50. The van der Waals surface area contributed by atoms with Crippen LogP contribution in [0.2, 0.25) is 0 Å². The highest BCUT2D eigenvalue weighted by atomic mass is 35.5. The summed E-state index contributed by atoms with van der Waals surface area (Å²) in [6, 6.07) is 9.41. The van der Waals surface area contributed by atoms with Crippen molar-refractivity contribution in [1.29, 1.82) is 0 Å². The molecule has 4 heteroatoms. The fourth-order valence-electron chi connectivity index (χ4n) is 1.35. The SMILES string of the molecule is COc1ccc(-c2nccc(CCl)n2)cc1. The molecule has 0 aliphatic heterocycles. The van der Waals surface area contributed by atoms with Crippen molar-refractivity contribution in [1.82, 2.24) is 9.97 Å². The zero-order valence-corrected chi connectivity index (χ0v) is 9.61. The van der Waals surface area contributed by atoms with E-state index in [0.717, 1.165) is 17.0 Å². The molecule has 16 heavy (non-hydrogen) atoms. The number of ether oxygens (including phenoxy) is 1. The van der Waals surface area contributed by atoms with Crippen LogP contribution >= 0.6 is 11.6 Å². The third-order valence-electron chi connectivity index (χ3n) is 2.20. The molecule has 0 spiro atoms. The average molecular weight is 235 g/mol. The van der Waals surface area contributed by atoms with Crippen LogP contribution in [0.1, 0.15) is 5.69 Å². The Morgan fingerprint density at radius 1 is 1.19 bits per heavy atom. The normalized spacial score (nSPS) is 10.1. The lowest BCUT2D eigenvalue weighted by molar-refractivity contribution is 0.415. The Balaban J connectivity index is 2.34. The molecule has 0 saturated carbocycles. The summed E-state index contributed by atoms with van der Waals surface area (Å²) in [5, 5.41) is 0. The van der Waals surface area contributed by atoms with Gasteiger partial charge in [0.1, 0.15) is 5.75 Å². The monoisotopic (exact) mass is 234 g/mol. The average Bonchev–Trinajstić information content (AvgIpc) is 2.39. The highest BCUT2D eigenvalue weighted by molar-refractivity contribution is 6.16. The maximum Gasteiger partial charge on any atom is 0.159 e. The fraction of sp³-hybridized carbons (Fsp3) is 0.167. The van der Waals surface area contributed by atoms with Gasteiger partial charge in [0.2, 0.25) is 0 Å². The van der Waals surface area contributed by atoms with Gasteiger partial charge in [0.25, 0.3) is 0 Å². The van der Waals surface area contributed by atoms with Crippen LogP contribution in [0, 0.1) is 0 Å². The molecule has 0 fully saturated rings. The van der Waals surface area contributed by atoms with Gasteiger partial charge in [0.15, 0.2) is 5.82 Å². The molecule has 0 unspecified atom stereocenters. The van der Waals surface area contributed by atoms with Crippen LogP contribution < -0.4 is 4.74 Å². The molecule has 0 atom stereocenters. The van der Waals surface area contributed by atoms with Gasteiger partial charge in [0, 0.05) is 11.8 Å². The maximum atomic E-state index is 5.72. The largest absolute Gasteiger partial charge is 0.497 e. The second kappa shape index (κ2) is 4.94. The van der Waals surface area contributed by atoms with Gasteiger partial charge in [-0.3, -0.25) is 0 Å². The van der Waals surface area contributed by atoms with Gasteiger partial charge in [-0.25, -0.2) is 9.97 Å². The summed E-state index contributed by atoms with van der Waals surface area (Å²) in [4.78, 5) is 8.54. The molecule has 82 valence electrons. The Kier molecular flexibility index (Phi) is 3.37. The van der Waals surface area contributed by atoms with Crippen molar-refractivity contribution >= 4 is 11.6 Å². The van der Waals surface area contributed by atoms with Gasteiger partial charge in [0.05, 0.1) is 18.7 Å². The summed E-state index contributed by atoms with van der Waals surface area (Å²) >= 11 is 5.72. The number of hydrogen-bond donors (Lipinski definition) is 0. The Labute approximate surface area is 99.1 Å². The van der Waals surface area contributed by atoms with E-state index in [1.807, 2.05) is 24.3 Å². The van der Waals surface area contributed by atoms with Crippen LogP contribution in [-0.2, 0) is 5.88 Å². The second-order valence-corrected chi connectivity index (χ2v) is 3.50. The zero-order valence-electron chi connectivity index (χ0n) is 8.85. The van der Waals surface area contributed by atoms with E-state index < -0.39 is 0 Å². The minimum atomic E-state index is 0.395. The Morgan fingerprint density at radius 2 is 1.94 bits per heavy atom. The third-order valence-corrected chi connectivity index (χ3v) is 2.47. The van der Waals surface area contributed by atoms with Gasteiger partial charge in [-0.2, -0.15) is 0 Å². The molecule has 0 bridgehead atoms. The number of aromatic nitrogens is 2. The minimum Gasteiger partial charge on any atom is -0.497 e. The summed E-state index contributed by atoms with van der Waals surface area (Å²) < 4.78 is 5.09. The number of hydrogen-bond acceptors (Lipinski definition) is 3. The standard InChI is InChI=1S/C12H11ClN2O/c1-16-11-4-2-9(3-5-11)12-14-7-6-10(8-13)15-12/h2-7H,8H2,1H3. The summed E-state index contributed by atoms with van der Waals surface area (Å²) in [7, 11) is 1.64. The van der Waals surface area contributed by atoms with Crippen molar-refractivity contribution in [2.24, 2.45) is 0 Å². The van der Waals surface area contributed by atoms with E-state index >= 15 is 0 Å². The third kappa shape index (κ3) is 2.31. The number of nitrogens with zero attached hydrogens (tertiary/aromatic N) is 2. The first-order valence-electron chi connectivity index (χ1n) is 4.86. The molecule has 1 aromatic heterocycles. The number of methoxy groups -OCH3 is 1. The van der Waals surface area contributed by atoms with E-state index in [1.165, 1.54) is 0 Å². The molecule has 3 nitrogen and oxygen atoms in total. The van der Waals surface area contributed by atoms with Gasteiger partial charge in [-0.05, 0) is 30.3 Å². The molecule has 2 aromatic rings. The number of alkyl halides is 1. The van der Waals surface area contributed by atoms with Crippen molar-refractivity contribution in [3.8, 4) is 17.1 Å². The molecule has 0 aliphatic carbocycles. The lowest BCUT2D eigenvalue weighted by atomic mass is 10.2. The van der Waals surface area contributed by atoms with E-state index in [-0.39, 0.29) is 0 Å². The van der Waals surface area contributed by atoms with Crippen LogP contribution in [0.4, 0.5) is 0 Å². The van der Waals surface area contributed by atoms with Crippen LogP contribution in [0.15, 0.2) is 36.5 Å². The molecule has 0 N–H and O–H groups in total. The predicted octanol–water partition coefficient (Wildman–Crippen LogP) is 2.89. The van der Waals surface area contributed by atoms with Crippen molar-refractivity contribution < 1.29 is 4.74 Å². The molecule has 0 radical (unpaired) electrons. The topological polar surface area (TPSA) is 35.0 Å². The van der Waals surface area contributed by atoms with E-state index in [4.69, 9.17) is 16.3 Å². The maximum absolute atomic E-state index is 5.72. The summed E-state index contributed by atoms with van der Waals surface area (Å²) in [6.45, 7) is 0. The zero-order chi connectivity index (χ0) is 11.4. The van der Waals surface area contributed by atoms with Crippen LogP contribution in [0.25, 0.3) is 11.4 Å². The van der Waals surface area contributed by atoms with Crippen molar-refractivity contribution in [2.45, 2.75) is 5.88 Å². The molecule has 1 aromatic carbocycles. The number of benzene rings is 1. The molecular formula is C12H11ClN2O. The van der Waals surface area contributed by atoms with Crippen molar-refractivity contribution in [3.05, 3.63) is 42.2 Å². The van der Waals surface area contributed by atoms with Crippen LogP contribution in [0.5, 0.6) is 5.75 Å². The van der Waals surface area contributed by atoms with E-state index in [2.05, 4.69) is 9.97 Å². The Hall–Kier alpha value is -1.61. The first kappa shape index (κ1) is 10.9. The summed E-state index contributed by atoms with van der Waals surface area (Å²) in [5.74, 6) is 1.89. The van der Waals surface area contributed by atoms with Crippen molar-refractivity contribution in [2.75, 3.05) is 7.11 Å². The Morgan fingerprint density at radius 3 is 2.56 bits per heavy atom. The second-order valence-electron chi connectivity index (χ2n) is 3.23. The smallest absolute Gasteiger partial charge is 0.159 e. The molecule has 0 saturated heterocycles. The van der Waals surface area contributed by atoms with E-state index in [9.17, 15) is 0 Å². The van der Waals surface area contributed by atoms with E-state index in [1.54, 1.807) is 19.4 Å². The minimum absolute atomic E-state index is 0.395. The highest BCUT2D eigenvalue weighted by Crippen LogP contribution is 2.19. The first-order valence-corrected chi connectivity index (χ1v) is 5.39. The molecule has 2 rings (SSSR count). The Bertz CT molecular complexity index is 471. The van der Waals surface area contributed by atoms with Crippen LogP contribution in [-0.4, -0.2) is 17.1 Å². The molecular weight excluding hydrogens is 224 g/mol. The predicted molar refractivity (Wildman–Crippen MR) is 63.6 cm³/mol. The lowest BCUT2D eigenvalue weighted by Gasteiger charge is -2.03. The van der Waals surface area contributed by atoms with Gasteiger partial charge >= 0.3 is 0 Å².